The number of nitrogens with zero attached hydrogens (tertiary/aromatic N) is 3. The molecule has 0 saturated heterocycles. The van der Waals surface area contributed by atoms with Gasteiger partial charge in [0.15, 0.2) is 0 Å². The van der Waals surface area contributed by atoms with Crippen molar-refractivity contribution in [1.29, 1.82) is 0 Å². The summed E-state index contributed by atoms with van der Waals surface area (Å²) in [6, 6.07) is 18.7. The zero-order valence-electron chi connectivity index (χ0n) is 21.2. The normalized spacial score (nSPS) is 15.4. The van der Waals surface area contributed by atoms with Crippen LogP contribution in [0.25, 0.3) is 11.3 Å². The first kappa shape index (κ1) is 25.7. The number of carbonyl (C=O) groups excluding carboxylic acids is 1. The highest BCUT2D eigenvalue weighted by atomic mass is 16.5. The highest BCUT2D eigenvalue weighted by Gasteiger charge is 2.08. The molecule has 6 nitrogen and oxygen atoms in total. The van der Waals surface area contributed by atoms with Crippen LogP contribution in [0.4, 0.5) is 11.6 Å². The number of Topliss-reactive ketones (excluding diaryl/α,β-unsaturated/α-hetero) is 1. The van der Waals surface area contributed by atoms with E-state index in [1.807, 2.05) is 12.1 Å². The fourth-order valence-corrected chi connectivity index (χ4v) is 4.37. The number of unbranched alkanes of at least 4 members (excludes halogenated alkanes) is 3. The van der Waals surface area contributed by atoms with Crippen LogP contribution in [0.2, 0.25) is 0 Å². The van der Waals surface area contributed by atoms with Crippen molar-refractivity contribution < 1.29 is 9.53 Å². The first-order valence-electron chi connectivity index (χ1n) is 12.9. The first-order valence-corrected chi connectivity index (χ1v) is 12.9. The summed E-state index contributed by atoms with van der Waals surface area (Å²) in [4.78, 5) is 22.8. The van der Waals surface area contributed by atoms with Crippen LogP contribution in [0.15, 0.2) is 72.9 Å². The minimum Gasteiger partial charge on any atom is -0.373 e. The van der Waals surface area contributed by atoms with Crippen molar-refractivity contribution in [2.45, 2.75) is 52.2 Å². The lowest BCUT2D eigenvalue weighted by Gasteiger charge is -2.21. The third-order valence-corrected chi connectivity index (χ3v) is 6.23. The van der Waals surface area contributed by atoms with E-state index in [0.29, 0.717) is 25.6 Å². The predicted octanol–water partition coefficient (Wildman–Crippen LogP) is 6.32. The number of nitrogens with one attached hydrogen (secondary N) is 1. The Bertz CT molecular complexity index is 1160. The molecule has 0 atom stereocenters. The van der Waals surface area contributed by atoms with E-state index >= 15 is 0 Å². The van der Waals surface area contributed by atoms with Gasteiger partial charge < -0.3 is 14.8 Å². The van der Waals surface area contributed by atoms with Gasteiger partial charge in [0.1, 0.15) is 5.78 Å². The topological polar surface area (TPSA) is 67.4 Å². The van der Waals surface area contributed by atoms with E-state index in [1.165, 1.54) is 5.56 Å². The van der Waals surface area contributed by atoms with Crippen LogP contribution < -0.4 is 5.32 Å². The molecule has 0 amide bonds. The zero-order valence-corrected chi connectivity index (χ0v) is 21.2. The number of hydrogen-bond donors (Lipinski definition) is 1. The fourth-order valence-electron chi connectivity index (χ4n) is 4.37. The van der Waals surface area contributed by atoms with Crippen molar-refractivity contribution in [3.05, 3.63) is 84.1 Å². The molecule has 0 fully saturated rings. The third-order valence-electron chi connectivity index (χ3n) is 6.23. The predicted molar refractivity (Wildman–Crippen MR) is 145 cm³/mol. The highest BCUT2D eigenvalue weighted by Crippen LogP contribution is 2.22. The van der Waals surface area contributed by atoms with Gasteiger partial charge in [-0.2, -0.15) is 0 Å². The summed E-state index contributed by atoms with van der Waals surface area (Å²) in [6.07, 6.45) is 11.2. The Morgan fingerprint density at radius 1 is 1.00 bits per heavy atom. The smallest absolute Gasteiger partial charge is 0.227 e. The van der Waals surface area contributed by atoms with Crippen molar-refractivity contribution in [2.75, 3.05) is 25.0 Å². The SMILES string of the molecule is CC(=O)CCCCCCN1C/C=C/COCc2cccc(c2)-c2ccnc(n2)Nc2cccc(c2)C1. The number of benzene rings is 2. The van der Waals surface area contributed by atoms with Gasteiger partial charge in [-0.3, -0.25) is 4.90 Å². The fraction of sp³-hybridized carbons (Fsp3) is 0.367. The molecule has 2 heterocycles. The Kier molecular flexibility index (Phi) is 9.77. The Morgan fingerprint density at radius 3 is 2.78 bits per heavy atom. The van der Waals surface area contributed by atoms with Gasteiger partial charge in [0.05, 0.1) is 18.9 Å². The van der Waals surface area contributed by atoms with Crippen LogP contribution in [0.1, 0.15) is 50.2 Å². The Hall–Kier alpha value is -3.35. The molecule has 0 aliphatic carbocycles. The second-order valence-corrected chi connectivity index (χ2v) is 9.38. The number of ether oxygens (including phenoxy) is 1. The number of rotatable bonds is 7. The maximum absolute atomic E-state index is 11.2. The maximum atomic E-state index is 11.2. The van der Waals surface area contributed by atoms with Crippen molar-refractivity contribution >= 4 is 17.4 Å². The lowest BCUT2D eigenvalue weighted by Crippen LogP contribution is -2.24. The molecule has 3 aromatic rings. The summed E-state index contributed by atoms with van der Waals surface area (Å²) in [5, 5.41) is 3.38. The number of aromatic nitrogens is 2. The summed E-state index contributed by atoms with van der Waals surface area (Å²) in [7, 11) is 0. The molecular weight excluding hydrogens is 448 g/mol. The summed E-state index contributed by atoms with van der Waals surface area (Å²) in [5.74, 6) is 0.867. The van der Waals surface area contributed by atoms with Gasteiger partial charge in [-0.1, -0.05) is 55.3 Å². The van der Waals surface area contributed by atoms with E-state index in [2.05, 4.69) is 69.8 Å². The Balaban J connectivity index is 1.48. The molecule has 0 unspecified atom stereocenters. The molecule has 1 aromatic heterocycles. The van der Waals surface area contributed by atoms with Gasteiger partial charge >= 0.3 is 0 Å². The van der Waals surface area contributed by atoms with Crippen molar-refractivity contribution in [2.24, 2.45) is 0 Å². The standard InChI is InChI=1S/C30H36N4O2/c1-24(35)10-4-2-3-5-17-34-18-6-7-19-36-23-26-12-8-13-27(20-26)29-15-16-31-30(33-29)32-28-14-9-11-25(21-28)22-34/h6-9,11-16,20-21H,2-5,10,17-19,22-23H2,1H3,(H,31,32,33)/b7-6+. The van der Waals surface area contributed by atoms with Crippen molar-refractivity contribution in [3.63, 3.8) is 0 Å². The van der Waals surface area contributed by atoms with Crippen LogP contribution in [-0.4, -0.2) is 40.3 Å². The molecular formula is C30H36N4O2. The highest BCUT2D eigenvalue weighted by molar-refractivity contribution is 5.75. The number of ketones is 1. The largest absolute Gasteiger partial charge is 0.373 e. The summed E-state index contributed by atoms with van der Waals surface area (Å²) in [6.45, 7) is 5.56. The van der Waals surface area contributed by atoms with Gasteiger partial charge in [0, 0.05) is 37.0 Å². The van der Waals surface area contributed by atoms with E-state index in [4.69, 9.17) is 9.72 Å². The number of hydrogen-bond acceptors (Lipinski definition) is 6. The third kappa shape index (κ3) is 8.40. The molecule has 1 N–H and O–H groups in total. The van der Waals surface area contributed by atoms with Crippen LogP contribution >= 0.6 is 0 Å². The number of fused-ring (bicyclic) bond motifs is 7. The van der Waals surface area contributed by atoms with Crippen LogP contribution in [0.3, 0.4) is 0 Å². The van der Waals surface area contributed by atoms with Crippen LogP contribution in [-0.2, 0) is 22.7 Å². The molecule has 1 aliphatic rings. The van der Waals surface area contributed by atoms with Gasteiger partial charge in [-0.05, 0) is 61.7 Å². The lowest BCUT2D eigenvalue weighted by molar-refractivity contribution is -0.117. The summed E-state index contributed by atoms with van der Waals surface area (Å²) < 4.78 is 5.91. The van der Waals surface area contributed by atoms with Crippen molar-refractivity contribution in [1.82, 2.24) is 14.9 Å². The molecule has 188 valence electrons. The first-order chi connectivity index (χ1) is 17.7. The van der Waals surface area contributed by atoms with Crippen LogP contribution in [0.5, 0.6) is 0 Å². The molecule has 4 rings (SSSR count). The molecule has 2 aromatic carbocycles. The Labute approximate surface area is 214 Å². The Morgan fingerprint density at radius 2 is 1.86 bits per heavy atom. The molecule has 0 radical (unpaired) electrons. The van der Waals surface area contributed by atoms with E-state index in [-0.39, 0.29) is 5.78 Å². The van der Waals surface area contributed by atoms with E-state index < -0.39 is 0 Å². The molecule has 36 heavy (non-hydrogen) atoms. The molecule has 0 saturated carbocycles. The van der Waals surface area contributed by atoms with Gasteiger partial charge in [0.25, 0.3) is 0 Å². The molecule has 6 bridgehead atoms. The maximum Gasteiger partial charge on any atom is 0.227 e. The number of carbonyl (C=O) groups is 1. The molecule has 6 heteroatoms. The quantitative estimate of drug-likeness (QED) is 0.313. The average Bonchev–Trinajstić information content (AvgIpc) is 2.88. The van der Waals surface area contributed by atoms with Gasteiger partial charge in [-0.25, -0.2) is 9.97 Å². The minimum absolute atomic E-state index is 0.285. The molecule has 1 aliphatic heterocycles. The minimum atomic E-state index is 0.285. The monoisotopic (exact) mass is 484 g/mol. The summed E-state index contributed by atoms with van der Waals surface area (Å²) >= 11 is 0. The molecule has 0 spiro atoms. The second-order valence-electron chi connectivity index (χ2n) is 9.38. The van der Waals surface area contributed by atoms with Gasteiger partial charge in [-0.15, -0.1) is 0 Å². The van der Waals surface area contributed by atoms with Gasteiger partial charge in [0.2, 0.25) is 5.95 Å². The van der Waals surface area contributed by atoms with Crippen LogP contribution in [0, 0.1) is 0 Å². The second kappa shape index (κ2) is 13.7. The van der Waals surface area contributed by atoms with E-state index in [1.54, 1.807) is 13.1 Å². The lowest BCUT2D eigenvalue weighted by atomic mass is 10.1. The van der Waals surface area contributed by atoms with Crippen molar-refractivity contribution in [3.8, 4) is 11.3 Å². The summed E-state index contributed by atoms with van der Waals surface area (Å²) in [5.41, 5.74) is 5.26. The van der Waals surface area contributed by atoms with E-state index in [0.717, 1.165) is 67.8 Å². The van der Waals surface area contributed by atoms with E-state index in [9.17, 15) is 4.79 Å². The number of anilines is 2. The zero-order chi connectivity index (χ0) is 25.0. The average molecular weight is 485 g/mol.